The fraction of sp³-hybridized carbons (Fsp3) is 0.647. The third kappa shape index (κ3) is 2.95. The van der Waals surface area contributed by atoms with Crippen LogP contribution in [0.1, 0.15) is 56.3 Å². The van der Waals surface area contributed by atoms with Gasteiger partial charge in [0.2, 0.25) is 0 Å². The molecule has 0 amide bonds. The van der Waals surface area contributed by atoms with Crippen molar-refractivity contribution in [2.45, 2.75) is 59.5 Å². The minimum absolute atomic E-state index is 0.476. The topological polar surface area (TPSA) is 12.0 Å². The van der Waals surface area contributed by atoms with Crippen molar-refractivity contribution in [1.29, 1.82) is 0 Å². The standard InChI is InChI=1S/C17H27N/c1-11(2)15-9-16(10-15)18-14(5)17-7-6-12(3)8-13(17)4/h6-8,11,14-16,18H,9-10H2,1-5H3. The average molecular weight is 245 g/mol. The highest BCUT2D eigenvalue weighted by atomic mass is 15.0. The van der Waals surface area contributed by atoms with Crippen molar-refractivity contribution < 1.29 is 0 Å². The van der Waals surface area contributed by atoms with Crippen LogP contribution in [-0.2, 0) is 0 Å². The van der Waals surface area contributed by atoms with E-state index in [0.717, 1.165) is 17.9 Å². The molecule has 0 spiro atoms. The lowest BCUT2D eigenvalue weighted by Gasteiger charge is -2.40. The fourth-order valence-electron chi connectivity index (χ4n) is 3.10. The predicted octanol–water partition coefficient (Wildman–Crippen LogP) is 4.39. The van der Waals surface area contributed by atoms with E-state index in [1.165, 1.54) is 29.5 Å². The molecule has 0 heterocycles. The first-order valence-corrected chi connectivity index (χ1v) is 7.30. The Kier molecular flexibility index (Phi) is 4.11. The largest absolute Gasteiger partial charge is 0.307 e. The van der Waals surface area contributed by atoms with E-state index in [2.05, 4.69) is 58.1 Å². The van der Waals surface area contributed by atoms with Gasteiger partial charge in [0.15, 0.2) is 0 Å². The Bertz CT molecular complexity index is 402. The Morgan fingerprint density at radius 2 is 1.78 bits per heavy atom. The first-order valence-electron chi connectivity index (χ1n) is 7.30. The second kappa shape index (κ2) is 5.44. The maximum atomic E-state index is 3.78. The highest BCUT2D eigenvalue weighted by Gasteiger charge is 2.31. The van der Waals surface area contributed by atoms with Gasteiger partial charge < -0.3 is 5.32 Å². The number of aryl methyl sites for hydroxylation is 2. The Labute approximate surface area is 112 Å². The van der Waals surface area contributed by atoms with E-state index < -0.39 is 0 Å². The number of hydrogen-bond donors (Lipinski definition) is 1. The van der Waals surface area contributed by atoms with Crippen LogP contribution in [0.15, 0.2) is 18.2 Å². The van der Waals surface area contributed by atoms with Crippen molar-refractivity contribution in [3.63, 3.8) is 0 Å². The van der Waals surface area contributed by atoms with E-state index >= 15 is 0 Å². The monoisotopic (exact) mass is 245 g/mol. The highest BCUT2D eigenvalue weighted by molar-refractivity contribution is 5.32. The Morgan fingerprint density at radius 3 is 2.33 bits per heavy atom. The lowest BCUT2D eigenvalue weighted by molar-refractivity contribution is 0.159. The molecular formula is C17H27N. The molecule has 1 saturated carbocycles. The molecule has 1 N–H and O–H groups in total. The molecule has 1 fully saturated rings. The molecule has 1 aliphatic carbocycles. The Balaban J connectivity index is 1.91. The van der Waals surface area contributed by atoms with E-state index in [9.17, 15) is 0 Å². The van der Waals surface area contributed by atoms with E-state index in [-0.39, 0.29) is 0 Å². The van der Waals surface area contributed by atoms with E-state index in [0.29, 0.717) is 6.04 Å². The number of benzene rings is 1. The highest BCUT2D eigenvalue weighted by Crippen LogP contribution is 2.35. The van der Waals surface area contributed by atoms with Gasteiger partial charge in [-0.1, -0.05) is 37.6 Å². The van der Waals surface area contributed by atoms with Gasteiger partial charge in [-0.25, -0.2) is 0 Å². The van der Waals surface area contributed by atoms with Crippen LogP contribution >= 0.6 is 0 Å². The number of rotatable bonds is 4. The van der Waals surface area contributed by atoms with Crippen LogP contribution in [0.5, 0.6) is 0 Å². The second-order valence-corrected chi connectivity index (χ2v) is 6.42. The summed E-state index contributed by atoms with van der Waals surface area (Å²) in [6.07, 6.45) is 2.71. The summed E-state index contributed by atoms with van der Waals surface area (Å²) in [5.74, 6) is 1.79. The van der Waals surface area contributed by atoms with Gasteiger partial charge in [-0.3, -0.25) is 0 Å². The first-order chi connectivity index (χ1) is 8.47. The summed E-state index contributed by atoms with van der Waals surface area (Å²) in [5, 5.41) is 3.78. The normalized spacial score (nSPS) is 25.0. The van der Waals surface area contributed by atoms with Gasteiger partial charge in [0.1, 0.15) is 0 Å². The lowest BCUT2D eigenvalue weighted by atomic mass is 9.73. The van der Waals surface area contributed by atoms with Gasteiger partial charge in [-0.15, -0.1) is 0 Å². The van der Waals surface area contributed by atoms with Crippen LogP contribution < -0.4 is 5.32 Å². The van der Waals surface area contributed by atoms with Crippen molar-refractivity contribution in [2.75, 3.05) is 0 Å². The van der Waals surface area contributed by atoms with Crippen LogP contribution in [-0.4, -0.2) is 6.04 Å². The first kappa shape index (κ1) is 13.6. The zero-order valence-corrected chi connectivity index (χ0v) is 12.5. The molecule has 0 saturated heterocycles. The maximum Gasteiger partial charge on any atom is 0.0296 e. The quantitative estimate of drug-likeness (QED) is 0.829. The molecule has 0 bridgehead atoms. The third-order valence-electron chi connectivity index (χ3n) is 4.49. The van der Waals surface area contributed by atoms with Crippen LogP contribution in [0.4, 0.5) is 0 Å². The molecule has 1 aromatic carbocycles. The molecule has 0 radical (unpaired) electrons. The zero-order chi connectivity index (χ0) is 13.3. The molecule has 100 valence electrons. The van der Waals surface area contributed by atoms with Gasteiger partial charge in [0.25, 0.3) is 0 Å². The molecular weight excluding hydrogens is 218 g/mol. The van der Waals surface area contributed by atoms with Crippen molar-refractivity contribution in [3.8, 4) is 0 Å². The number of nitrogens with one attached hydrogen (secondary N) is 1. The van der Waals surface area contributed by atoms with Crippen LogP contribution in [0.3, 0.4) is 0 Å². The SMILES string of the molecule is Cc1ccc(C(C)NC2CC(C(C)C)C2)c(C)c1. The fourth-order valence-corrected chi connectivity index (χ4v) is 3.10. The van der Waals surface area contributed by atoms with Crippen LogP contribution in [0.2, 0.25) is 0 Å². The van der Waals surface area contributed by atoms with Gasteiger partial charge in [0, 0.05) is 12.1 Å². The molecule has 1 atom stereocenters. The smallest absolute Gasteiger partial charge is 0.0296 e. The molecule has 2 rings (SSSR count). The summed E-state index contributed by atoms with van der Waals surface area (Å²) in [6.45, 7) is 11.4. The van der Waals surface area contributed by atoms with Crippen molar-refractivity contribution in [2.24, 2.45) is 11.8 Å². The van der Waals surface area contributed by atoms with Gasteiger partial charge >= 0.3 is 0 Å². The van der Waals surface area contributed by atoms with Crippen molar-refractivity contribution >= 4 is 0 Å². The summed E-state index contributed by atoms with van der Waals surface area (Å²) >= 11 is 0. The average Bonchev–Trinajstić information content (AvgIpc) is 2.21. The van der Waals surface area contributed by atoms with E-state index in [1.807, 2.05) is 0 Å². The van der Waals surface area contributed by atoms with Gasteiger partial charge in [-0.05, 0) is 56.6 Å². The van der Waals surface area contributed by atoms with Crippen LogP contribution in [0, 0.1) is 25.7 Å². The molecule has 18 heavy (non-hydrogen) atoms. The van der Waals surface area contributed by atoms with E-state index in [4.69, 9.17) is 0 Å². The van der Waals surface area contributed by atoms with Crippen molar-refractivity contribution in [1.82, 2.24) is 5.32 Å². The second-order valence-electron chi connectivity index (χ2n) is 6.42. The molecule has 1 unspecified atom stereocenters. The minimum Gasteiger partial charge on any atom is -0.307 e. The molecule has 1 aliphatic rings. The zero-order valence-electron chi connectivity index (χ0n) is 12.5. The molecule has 1 nitrogen and oxygen atoms in total. The minimum atomic E-state index is 0.476. The summed E-state index contributed by atoms with van der Waals surface area (Å²) in [7, 11) is 0. The van der Waals surface area contributed by atoms with Gasteiger partial charge in [0.05, 0.1) is 0 Å². The van der Waals surface area contributed by atoms with Crippen molar-refractivity contribution in [3.05, 3.63) is 34.9 Å². The van der Waals surface area contributed by atoms with Crippen LogP contribution in [0.25, 0.3) is 0 Å². The number of hydrogen-bond acceptors (Lipinski definition) is 1. The molecule has 0 aliphatic heterocycles. The molecule has 1 heteroatoms. The summed E-state index contributed by atoms with van der Waals surface area (Å²) in [4.78, 5) is 0. The Morgan fingerprint density at radius 1 is 1.11 bits per heavy atom. The third-order valence-corrected chi connectivity index (χ3v) is 4.49. The van der Waals surface area contributed by atoms with Gasteiger partial charge in [-0.2, -0.15) is 0 Å². The maximum absolute atomic E-state index is 3.78. The molecule has 1 aromatic rings. The predicted molar refractivity (Wildman–Crippen MR) is 78.8 cm³/mol. The molecule has 0 aromatic heterocycles. The lowest BCUT2D eigenvalue weighted by Crippen LogP contribution is -2.44. The Hall–Kier alpha value is -0.820. The summed E-state index contributed by atoms with van der Waals surface area (Å²) in [6, 6.07) is 7.99. The summed E-state index contributed by atoms with van der Waals surface area (Å²) in [5.41, 5.74) is 4.22. The van der Waals surface area contributed by atoms with E-state index in [1.54, 1.807) is 0 Å². The summed E-state index contributed by atoms with van der Waals surface area (Å²) < 4.78 is 0.